The minimum absolute atomic E-state index is 0.0387. The zero-order valence-corrected chi connectivity index (χ0v) is 18.4. The molecule has 2 aliphatic rings. The second-order valence-electron chi connectivity index (χ2n) is 8.39. The number of carbonyl (C=O) groups excluding carboxylic acids is 2. The first-order chi connectivity index (χ1) is 16.2. The Bertz CT molecular complexity index is 1140. The topological polar surface area (TPSA) is 91.3 Å². The van der Waals surface area contributed by atoms with Gasteiger partial charge in [-0.25, -0.2) is 9.97 Å². The van der Waals surface area contributed by atoms with Gasteiger partial charge in [0.2, 0.25) is 11.8 Å². The van der Waals surface area contributed by atoms with Gasteiger partial charge < -0.3 is 15.1 Å². The van der Waals surface area contributed by atoms with Crippen molar-refractivity contribution in [2.24, 2.45) is 0 Å². The Morgan fingerprint density at radius 1 is 1.03 bits per heavy atom. The SMILES string of the molecule is O=C1CCCN1CC(=O)N1CCC[C@H]1c1nc(Nc2ccccc2)cc(-c2ccncc2)n1. The molecule has 2 aliphatic heterocycles. The van der Waals surface area contributed by atoms with Gasteiger partial charge >= 0.3 is 0 Å². The predicted octanol–water partition coefficient (Wildman–Crippen LogP) is 3.57. The minimum atomic E-state index is -0.215. The highest BCUT2D eigenvalue weighted by Gasteiger charge is 2.34. The largest absolute Gasteiger partial charge is 0.340 e. The maximum absolute atomic E-state index is 13.1. The van der Waals surface area contributed by atoms with E-state index >= 15 is 0 Å². The molecule has 1 aromatic carbocycles. The van der Waals surface area contributed by atoms with Crippen molar-refractivity contribution >= 4 is 23.3 Å². The molecule has 0 saturated carbocycles. The Hall–Kier alpha value is -3.81. The lowest BCUT2D eigenvalue weighted by Gasteiger charge is -2.26. The summed E-state index contributed by atoms with van der Waals surface area (Å²) in [7, 11) is 0. The quantitative estimate of drug-likeness (QED) is 0.628. The van der Waals surface area contributed by atoms with E-state index in [4.69, 9.17) is 9.97 Å². The van der Waals surface area contributed by atoms with E-state index < -0.39 is 0 Å². The Kier molecular flexibility index (Phi) is 5.97. The molecule has 1 atom stereocenters. The van der Waals surface area contributed by atoms with Crippen molar-refractivity contribution in [3.05, 3.63) is 66.7 Å². The zero-order chi connectivity index (χ0) is 22.6. The number of benzene rings is 1. The van der Waals surface area contributed by atoms with Crippen molar-refractivity contribution in [1.82, 2.24) is 24.8 Å². The van der Waals surface area contributed by atoms with Crippen LogP contribution in [0.2, 0.25) is 0 Å². The van der Waals surface area contributed by atoms with Gasteiger partial charge in [-0.15, -0.1) is 0 Å². The van der Waals surface area contributed by atoms with Crippen molar-refractivity contribution < 1.29 is 9.59 Å². The molecule has 2 saturated heterocycles. The molecular formula is C25H26N6O2. The van der Waals surface area contributed by atoms with Crippen LogP contribution in [0.15, 0.2) is 60.9 Å². The fourth-order valence-corrected chi connectivity index (χ4v) is 4.48. The summed E-state index contributed by atoms with van der Waals surface area (Å²) >= 11 is 0. The van der Waals surface area contributed by atoms with Crippen LogP contribution in [-0.4, -0.2) is 56.2 Å². The van der Waals surface area contributed by atoms with Crippen molar-refractivity contribution in [1.29, 1.82) is 0 Å². The van der Waals surface area contributed by atoms with Crippen LogP contribution >= 0.6 is 0 Å². The monoisotopic (exact) mass is 442 g/mol. The van der Waals surface area contributed by atoms with E-state index in [1.165, 1.54) is 0 Å². The van der Waals surface area contributed by atoms with E-state index in [0.717, 1.165) is 36.2 Å². The van der Waals surface area contributed by atoms with Crippen molar-refractivity contribution in [2.75, 3.05) is 25.0 Å². The van der Waals surface area contributed by atoms with Gasteiger partial charge in [0.15, 0.2) is 5.82 Å². The van der Waals surface area contributed by atoms with E-state index in [-0.39, 0.29) is 24.4 Å². The van der Waals surface area contributed by atoms with Crippen LogP contribution < -0.4 is 5.32 Å². The molecule has 33 heavy (non-hydrogen) atoms. The molecule has 8 nitrogen and oxygen atoms in total. The van der Waals surface area contributed by atoms with Gasteiger partial charge in [-0.05, 0) is 43.5 Å². The molecule has 2 aromatic heterocycles. The Balaban J connectivity index is 1.45. The molecular weight excluding hydrogens is 416 g/mol. The first-order valence-electron chi connectivity index (χ1n) is 11.4. The van der Waals surface area contributed by atoms with Crippen LogP contribution in [-0.2, 0) is 9.59 Å². The maximum atomic E-state index is 13.1. The summed E-state index contributed by atoms with van der Waals surface area (Å²) in [6, 6.07) is 15.4. The third-order valence-electron chi connectivity index (χ3n) is 6.13. The molecule has 8 heteroatoms. The highest BCUT2D eigenvalue weighted by molar-refractivity contribution is 5.86. The van der Waals surface area contributed by atoms with Crippen LogP contribution in [0.25, 0.3) is 11.3 Å². The van der Waals surface area contributed by atoms with Crippen LogP contribution in [0.3, 0.4) is 0 Å². The number of pyridine rings is 1. The van der Waals surface area contributed by atoms with Gasteiger partial charge in [0.05, 0.1) is 18.3 Å². The summed E-state index contributed by atoms with van der Waals surface area (Å²) in [6.07, 6.45) is 6.50. The van der Waals surface area contributed by atoms with Gasteiger partial charge in [-0.3, -0.25) is 14.6 Å². The third-order valence-corrected chi connectivity index (χ3v) is 6.13. The van der Waals surface area contributed by atoms with E-state index in [2.05, 4.69) is 10.3 Å². The summed E-state index contributed by atoms with van der Waals surface area (Å²) in [5.41, 5.74) is 2.63. The van der Waals surface area contributed by atoms with Gasteiger partial charge in [0.25, 0.3) is 0 Å². The maximum Gasteiger partial charge on any atom is 0.242 e. The number of hydrogen-bond acceptors (Lipinski definition) is 6. The molecule has 3 aromatic rings. The smallest absolute Gasteiger partial charge is 0.242 e. The normalized spacial score (nSPS) is 18.1. The van der Waals surface area contributed by atoms with E-state index in [1.54, 1.807) is 17.3 Å². The molecule has 2 fully saturated rings. The van der Waals surface area contributed by atoms with Crippen molar-refractivity contribution in [2.45, 2.75) is 31.7 Å². The number of aromatic nitrogens is 3. The molecule has 0 spiro atoms. The molecule has 0 radical (unpaired) electrons. The summed E-state index contributed by atoms with van der Waals surface area (Å²) in [5.74, 6) is 1.31. The average Bonchev–Trinajstić information content (AvgIpc) is 3.50. The van der Waals surface area contributed by atoms with Crippen molar-refractivity contribution in [3.8, 4) is 11.3 Å². The number of amides is 2. The minimum Gasteiger partial charge on any atom is -0.340 e. The second kappa shape index (κ2) is 9.36. The van der Waals surface area contributed by atoms with Crippen LogP contribution in [0, 0.1) is 0 Å². The lowest BCUT2D eigenvalue weighted by atomic mass is 10.1. The number of nitrogens with one attached hydrogen (secondary N) is 1. The lowest BCUT2D eigenvalue weighted by molar-refractivity contribution is -0.139. The molecule has 0 aliphatic carbocycles. The second-order valence-corrected chi connectivity index (χ2v) is 8.39. The standard InChI is InChI=1S/C25H26N6O2/c32-23-9-5-14-30(23)17-24(33)31-15-4-8-21(31)25-28-20(18-10-12-26-13-11-18)16-22(29-25)27-19-6-2-1-3-7-19/h1-3,6-7,10-13,16,21H,4-5,8-9,14-15,17H2,(H,27,28,29)/t21-/m0/s1. The number of likely N-dealkylation sites (tertiary alicyclic amines) is 2. The van der Waals surface area contributed by atoms with Crippen LogP contribution in [0.5, 0.6) is 0 Å². The van der Waals surface area contributed by atoms with Gasteiger partial charge in [0, 0.05) is 49.2 Å². The molecule has 2 amide bonds. The first kappa shape index (κ1) is 21.1. The Morgan fingerprint density at radius 2 is 1.85 bits per heavy atom. The fraction of sp³-hybridized carbons (Fsp3) is 0.320. The Labute approximate surface area is 192 Å². The molecule has 0 bridgehead atoms. The zero-order valence-electron chi connectivity index (χ0n) is 18.4. The highest BCUT2D eigenvalue weighted by Crippen LogP contribution is 2.33. The highest BCUT2D eigenvalue weighted by atomic mass is 16.2. The number of carbonyl (C=O) groups is 2. The lowest BCUT2D eigenvalue weighted by Crippen LogP contribution is -2.40. The number of anilines is 2. The van der Waals surface area contributed by atoms with E-state index in [9.17, 15) is 9.59 Å². The number of rotatable bonds is 6. The summed E-state index contributed by atoms with van der Waals surface area (Å²) in [5, 5.41) is 3.36. The summed E-state index contributed by atoms with van der Waals surface area (Å²) < 4.78 is 0. The van der Waals surface area contributed by atoms with E-state index in [1.807, 2.05) is 53.4 Å². The summed E-state index contributed by atoms with van der Waals surface area (Å²) in [4.78, 5) is 42.4. The number of para-hydroxylation sites is 1. The van der Waals surface area contributed by atoms with Gasteiger partial charge in [-0.2, -0.15) is 0 Å². The third kappa shape index (κ3) is 4.69. The molecule has 168 valence electrons. The number of nitrogens with zero attached hydrogens (tertiary/aromatic N) is 5. The van der Waals surface area contributed by atoms with Gasteiger partial charge in [0.1, 0.15) is 5.82 Å². The molecule has 4 heterocycles. The summed E-state index contributed by atoms with van der Waals surface area (Å²) in [6.45, 7) is 1.44. The molecule has 1 N–H and O–H groups in total. The van der Waals surface area contributed by atoms with Crippen LogP contribution in [0.1, 0.15) is 37.5 Å². The molecule has 0 unspecified atom stereocenters. The predicted molar refractivity (Wildman–Crippen MR) is 124 cm³/mol. The Morgan fingerprint density at radius 3 is 2.61 bits per heavy atom. The fourth-order valence-electron chi connectivity index (χ4n) is 4.48. The van der Waals surface area contributed by atoms with Crippen molar-refractivity contribution in [3.63, 3.8) is 0 Å². The average molecular weight is 443 g/mol. The first-order valence-corrected chi connectivity index (χ1v) is 11.4. The van der Waals surface area contributed by atoms with Crippen LogP contribution in [0.4, 0.5) is 11.5 Å². The number of hydrogen-bond donors (Lipinski definition) is 1. The molecule has 5 rings (SSSR count). The van der Waals surface area contributed by atoms with Gasteiger partial charge in [-0.1, -0.05) is 18.2 Å². The van der Waals surface area contributed by atoms with E-state index in [0.29, 0.717) is 31.2 Å².